The predicted octanol–water partition coefficient (Wildman–Crippen LogP) is 4.83. The van der Waals surface area contributed by atoms with Crippen LogP contribution in [0.2, 0.25) is 0 Å². The number of carboxylic acid groups (broad SMARTS) is 1. The maximum absolute atomic E-state index is 13.0. The van der Waals surface area contributed by atoms with Crippen molar-refractivity contribution in [1.29, 1.82) is 0 Å². The zero-order valence-electron chi connectivity index (χ0n) is 16.0. The number of carbonyl (C=O) groups excluding carboxylic acids is 1. The van der Waals surface area contributed by atoms with Gasteiger partial charge in [0.25, 0.3) is 0 Å². The second kappa shape index (κ2) is 10.6. The number of aliphatic hydroxyl groups is 1. The molecule has 5 nitrogen and oxygen atoms in total. The Morgan fingerprint density at radius 2 is 2.04 bits per heavy atom. The van der Waals surface area contributed by atoms with Crippen molar-refractivity contribution in [2.45, 2.75) is 51.6 Å². The van der Waals surface area contributed by atoms with Gasteiger partial charge in [-0.15, -0.1) is 0 Å². The Kier molecular flexibility index (Phi) is 8.23. The first-order valence-corrected chi connectivity index (χ1v) is 9.64. The summed E-state index contributed by atoms with van der Waals surface area (Å²) in [6, 6.07) is 5.98. The third-order valence-corrected chi connectivity index (χ3v) is 5.17. The number of hydrogen-bond donors (Lipinski definition) is 2. The zero-order chi connectivity index (χ0) is 20.5. The lowest BCUT2D eigenvalue weighted by atomic mass is 9.87. The minimum atomic E-state index is -1.38. The van der Waals surface area contributed by atoms with E-state index in [1.807, 2.05) is 6.92 Å². The van der Waals surface area contributed by atoms with Crippen LogP contribution < -0.4 is 4.74 Å². The summed E-state index contributed by atoms with van der Waals surface area (Å²) in [4.78, 5) is 22.7. The van der Waals surface area contributed by atoms with E-state index in [1.54, 1.807) is 18.2 Å². The van der Waals surface area contributed by atoms with Gasteiger partial charge in [0.1, 0.15) is 17.3 Å². The maximum Gasteiger partial charge on any atom is 0.370 e. The van der Waals surface area contributed by atoms with E-state index in [2.05, 4.69) is 0 Å². The van der Waals surface area contributed by atoms with Gasteiger partial charge < -0.3 is 14.9 Å². The molecule has 0 bridgehead atoms. The average Bonchev–Trinajstić information content (AvgIpc) is 3.03. The summed E-state index contributed by atoms with van der Waals surface area (Å²) in [6.07, 6.45) is 8.75. The fourth-order valence-electron chi connectivity index (χ4n) is 3.55. The van der Waals surface area contributed by atoms with Crippen LogP contribution in [0.15, 0.2) is 48.3 Å². The van der Waals surface area contributed by atoms with Gasteiger partial charge in [-0.3, -0.25) is 4.79 Å². The number of halogens is 1. The van der Waals surface area contributed by atoms with Gasteiger partial charge in [0.15, 0.2) is 0 Å². The highest BCUT2D eigenvalue weighted by atomic mass is 19.1. The van der Waals surface area contributed by atoms with Crippen molar-refractivity contribution in [2.24, 2.45) is 11.8 Å². The van der Waals surface area contributed by atoms with Gasteiger partial charge >= 0.3 is 5.97 Å². The van der Waals surface area contributed by atoms with Crippen LogP contribution in [0.4, 0.5) is 4.39 Å². The third kappa shape index (κ3) is 6.51. The lowest BCUT2D eigenvalue weighted by Gasteiger charge is -2.22. The van der Waals surface area contributed by atoms with E-state index < -0.39 is 11.7 Å². The monoisotopic (exact) mass is 390 g/mol. The molecule has 0 aromatic heterocycles. The average molecular weight is 390 g/mol. The Labute approximate surface area is 164 Å². The molecule has 6 heteroatoms. The fraction of sp³-hybridized carbons (Fsp3) is 0.455. The largest absolute Gasteiger partial charge is 0.502 e. The standard InChI is InChI=1S/C22H27FO5/c1-2-17(28-18-12-9-16(23)10-13-18)11-7-15-8-14-20(24)19(15)5-3-4-6-21(25)22(26)27/h3-4,6,9-10,12-13,15,17,19,25H,2,5,7-8,11,14H2,1H3,(H,26,27)/t15-,17?,19+/m0/s1. The lowest BCUT2D eigenvalue weighted by molar-refractivity contribution is -0.135. The minimum Gasteiger partial charge on any atom is -0.502 e. The van der Waals surface area contributed by atoms with E-state index in [4.69, 9.17) is 14.9 Å². The molecule has 0 heterocycles. The Morgan fingerprint density at radius 3 is 2.68 bits per heavy atom. The SMILES string of the molecule is CCC(CC[C@H]1CCC(=O)[C@@H]1CC=CC=C(O)C(=O)O)Oc1ccc(F)cc1. The highest BCUT2D eigenvalue weighted by molar-refractivity contribution is 5.84. The third-order valence-electron chi connectivity index (χ3n) is 5.17. The molecule has 2 N–H and O–H groups in total. The number of Topliss-reactive ketones (excluding diaryl/α,β-unsaturated/α-hetero) is 1. The summed E-state index contributed by atoms with van der Waals surface area (Å²) < 4.78 is 18.9. The van der Waals surface area contributed by atoms with E-state index in [9.17, 15) is 14.0 Å². The molecule has 1 aliphatic rings. The summed E-state index contributed by atoms with van der Waals surface area (Å²) in [6.45, 7) is 2.04. The van der Waals surface area contributed by atoms with Crippen LogP contribution in [0.3, 0.4) is 0 Å². The van der Waals surface area contributed by atoms with Gasteiger partial charge in [0, 0.05) is 12.3 Å². The Bertz CT molecular complexity index is 723. The van der Waals surface area contributed by atoms with E-state index >= 15 is 0 Å². The molecule has 0 radical (unpaired) electrons. The predicted molar refractivity (Wildman–Crippen MR) is 104 cm³/mol. The van der Waals surface area contributed by atoms with Crippen molar-refractivity contribution >= 4 is 11.8 Å². The highest BCUT2D eigenvalue weighted by Crippen LogP contribution is 2.35. The molecule has 3 atom stereocenters. The Morgan fingerprint density at radius 1 is 1.32 bits per heavy atom. The first-order valence-electron chi connectivity index (χ1n) is 9.64. The Hall–Kier alpha value is -2.63. The maximum atomic E-state index is 13.0. The molecule has 1 fully saturated rings. The molecule has 28 heavy (non-hydrogen) atoms. The normalized spacial score (nSPS) is 21.2. The zero-order valence-corrected chi connectivity index (χ0v) is 16.0. The van der Waals surface area contributed by atoms with Crippen LogP contribution in [0.1, 0.15) is 45.4 Å². The lowest BCUT2D eigenvalue weighted by Crippen LogP contribution is -2.20. The molecule has 0 amide bonds. The summed E-state index contributed by atoms with van der Waals surface area (Å²) >= 11 is 0. The smallest absolute Gasteiger partial charge is 0.370 e. The number of ether oxygens (including phenoxy) is 1. The van der Waals surface area contributed by atoms with Crippen LogP contribution in [0, 0.1) is 17.7 Å². The number of aliphatic hydroxyl groups excluding tert-OH is 1. The van der Waals surface area contributed by atoms with Gasteiger partial charge in [-0.2, -0.15) is 0 Å². The first-order chi connectivity index (χ1) is 13.4. The van der Waals surface area contributed by atoms with Crippen molar-refractivity contribution in [3.8, 4) is 5.75 Å². The van der Waals surface area contributed by atoms with Gasteiger partial charge in [-0.05, 0) is 68.4 Å². The van der Waals surface area contributed by atoms with Crippen LogP contribution >= 0.6 is 0 Å². The first kappa shape index (κ1) is 21.7. The van der Waals surface area contributed by atoms with Crippen molar-refractivity contribution in [1.82, 2.24) is 0 Å². The Balaban J connectivity index is 1.87. The topological polar surface area (TPSA) is 83.8 Å². The summed E-state index contributed by atoms with van der Waals surface area (Å²) in [5.41, 5.74) is 0. The second-order valence-corrected chi connectivity index (χ2v) is 7.07. The summed E-state index contributed by atoms with van der Waals surface area (Å²) in [5.74, 6) is -1.36. The number of benzene rings is 1. The molecule has 1 aromatic carbocycles. The summed E-state index contributed by atoms with van der Waals surface area (Å²) in [7, 11) is 0. The van der Waals surface area contributed by atoms with E-state index in [-0.39, 0.29) is 29.5 Å². The minimum absolute atomic E-state index is 0.00722. The van der Waals surface area contributed by atoms with E-state index in [0.29, 0.717) is 18.6 Å². The van der Waals surface area contributed by atoms with Crippen LogP contribution in [0.5, 0.6) is 5.75 Å². The molecule has 2 rings (SSSR count). The highest BCUT2D eigenvalue weighted by Gasteiger charge is 2.33. The number of allylic oxidation sites excluding steroid dienone is 3. The fourth-order valence-corrected chi connectivity index (χ4v) is 3.55. The number of hydrogen-bond acceptors (Lipinski definition) is 4. The van der Waals surface area contributed by atoms with Gasteiger partial charge in [-0.1, -0.05) is 19.1 Å². The van der Waals surface area contributed by atoms with Crippen LogP contribution in [-0.4, -0.2) is 28.1 Å². The van der Waals surface area contributed by atoms with Crippen molar-refractivity contribution < 1.29 is 28.9 Å². The number of carboxylic acids is 1. The second-order valence-electron chi connectivity index (χ2n) is 7.07. The molecule has 152 valence electrons. The number of rotatable bonds is 10. The number of aliphatic carboxylic acids is 1. The molecule has 1 aromatic rings. The summed E-state index contributed by atoms with van der Waals surface area (Å²) in [5, 5.41) is 17.7. The molecule has 1 saturated carbocycles. The molecule has 0 aliphatic heterocycles. The van der Waals surface area contributed by atoms with Gasteiger partial charge in [0.05, 0.1) is 6.10 Å². The van der Waals surface area contributed by atoms with E-state index in [1.165, 1.54) is 18.2 Å². The van der Waals surface area contributed by atoms with Crippen molar-refractivity contribution in [3.05, 3.63) is 54.1 Å². The molecule has 1 unspecified atom stereocenters. The van der Waals surface area contributed by atoms with Crippen LogP contribution in [-0.2, 0) is 9.59 Å². The van der Waals surface area contributed by atoms with Gasteiger partial charge in [-0.25, -0.2) is 9.18 Å². The molecular formula is C22H27FO5. The van der Waals surface area contributed by atoms with Gasteiger partial charge in [0.2, 0.25) is 5.76 Å². The van der Waals surface area contributed by atoms with Crippen LogP contribution in [0.25, 0.3) is 0 Å². The quantitative estimate of drug-likeness (QED) is 0.340. The van der Waals surface area contributed by atoms with Crippen molar-refractivity contribution in [2.75, 3.05) is 0 Å². The number of carbonyl (C=O) groups is 2. The van der Waals surface area contributed by atoms with E-state index in [0.717, 1.165) is 31.8 Å². The molecule has 0 spiro atoms. The molecule has 1 aliphatic carbocycles. The molecular weight excluding hydrogens is 363 g/mol. The van der Waals surface area contributed by atoms with Crippen molar-refractivity contribution in [3.63, 3.8) is 0 Å². The molecule has 0 saturated heterocycles. The number of ketones is 1.